The van der Waals surface area contributed by atoms with Crippen LogP contribution in [-0.4, -0.2) is 25.0 Å². The molecule has 1 aromatic rings. The third kappa shape index (κ3) is 9.23. The Labute approximate surface area is 159 Å². The molecule has 0 bridgehead atoms. The van der Waals surface area contributed by atoms with Crippen LogP contribution in [0.1, 0.15) is 57.4 Å². The Morgan fingerprint density at radius 2 is 1.92 bits per heavy atom. The summed E-state index contributed by atoms with van der Waals surface area (Å²) in [7, 11) is 1.75. The molecule has 134 valence electrons. The Morgan fingerprint density at radius 1 is 1.21 bits per heavy atom. The highest BCUT2D eigenvalue weighted by Crippen LogP contribution is 2.25. The highest BCUT2D eigenvalue weighted by molar-refractivity contribution is 9.10. The van der Waals surface area contributed by atoms with Gasteiger partial charge in [-0.05, 0) is 58.3 Å². The fraction of sp³-hybridized carbons (Fsp3) is 0.556. The van der Waals surface area contributed by atoms with E-state index in [-0.39, 0.29) is 0 Å². The second-order valence-corrected chi connectivity index (χ2v) is 6.87. The van der Waals surface area contributed by atoms with Gasteiger partial charge < -0.3 is 10.1 Å². The number of hydrazone groups is 1. The van der Waals surface area contributed by atoms with Crippen LogP contribution < -0.4 is 15.5 Å². The number of unbranched alkanes of at least 4 members (excludes halogenated alkanes) is 6. The summed E-state index contributed by atoms with van der Waals surface area (Å²) in [6, 6.07) is 5.91. The number of ether oxygens (including phenoxy) is 1. The van der Waals surface area contributed by atoms with Gasteiger partial charge in [0.15, 0.2) is 5.11 Å². The van der Waals surface area contributed by atoms with Crippen LogP contribution in [0.3, 0.4) is 0 Å². The van der Waals surface area contributed by atoms with Crippen LogP contribution in [0.25, 0.3) is 0 Å². The van der Waals surface area contributed by atoms with Gasteiger partial charge in [-0.1, -0.05) is 45.4 Å². The number of thiocarbonyl (C=S) groups is 1. The van der Waals surface area contributed by atoms with Crippen molar-refractivity contribution in [1.82, 2.24) is 10.7 Å². The first-order valence-electron chi connectivity index (χ1n) is 8.60. The van der Waals surface area contributed by atoms with Crippen LogP contribution in [0.15, 0.2) is 27.8 Å². The van der Waals surface area contributed by atoms with Crippen molar-refractivity contribution in [2.45, 2.75) is 51.9 Å². The van der Waals surface area contributed by atoms with Crippen LogP contribution in [0.2, 0.25) is 0 Å². The first-order chi connectivity index (χ1) is 11.7. The monoisotopic (exact) mass is 413 g/mol. The summed E-state index contributed by atoms with van der Waals surface area (Å²) in [5, 5.41) is 7.34. The standard InChI is InChI=1S/C18H28BrN3OS/c1-3-4-5-6-7-8-9-12-23-17-11-10-15(13-16(17)19)14-21-22-18(24)20-2/h10-11,13-14H,3-9,12H2,1-2H3,(H2,20,22,24)/b21-14+. The Hall–Kier alpha value is -1.14. The van der Waals surface area contributed by atoms with Gasteiger partial charge in [-0.2, -0.15) is 5.10 Å². The topological polar surface area (TPSA) is 45.6 Å². The van der Waals surface area contributed by atoms with Gasteiger partial charge in [-0.15, -0.1) is 0 Å². The second-order valence-electron chi connectivity index (χ2n) is 5.61. The summed E-state index contributed by atoms with van der Waals surface area (Å²) in [4.78, 5) is 0. The van der Waals surface area contributed by atoms with Gasteiger partial charge in [0.25, 0.3) is 0 Å². The fourth-order valence-corrected chi connectivity index (χ4v) is 2.74. The number of rotatable bonds is 11. The zero-order valence-electron chi connectivity index (χ0n) is 14.6. The van der Waals surface area contributed by atoms with E-state index in [0.29, 0.717) is 5.11 Å². The summed E-state index contributed by atoms with van der Waals surface area (Å²) in [6.45, 7) is 3.01. The average Bonchev–Trinajstić information content (AvgIpc) is 2.58. The molecule has 0 saturated heterocycles. The van der Waals surface area contributed by atoms with E-state index in [1.54, 1.807) is 13.3 Å². The Kier molecular flexibility index (Phi) is 11.5. The minimum Gasteiger partial charge on any atom is -0.492 e. The zero-order chi connectivity index (χ0) is 17.6. The highest BCUT2D eigenvalue weighted by atomic mass is 79.9. The van der Waals surface area contributed by atoms with Gasteiger partial charge in [0, 0.05) is 7.05 Å². The van der Waals surface area contributed by atoms with Crippen LogP contribution >= 0.6 is 28.1 Å². The third-order valence-electron chi connectivity index (χ3n) is 3.57. The fourth-order valence-electron chi connectivity index (χ4n) is 2.18. The first kappa shape index (κ1) is 20.9. The van der Waals surface area contributed by atoms with E-state index in [1.165, 1.54) is 38.5 Å². The van der Waals surface area contributed by atoms with Crippen LogP contribution in [-0.2, 0) is 0 Å². The average molecular weight is 414 g/mol. The van der Waals surface area contributed by atoms with Gasteiger partial charge in [-0.25, -0.2) is 0 Å². The number of halogens is 1. The van der Waals surface area contributed by atoms with E-state index in [0.717, 1.165) is 28.8 Å². The maximum atomic E-state index is 5.84. The zero-order valence-corrected chi connectivity index (χ0v) is 17.0. The second kappa shape index (κ2) is 13.2. The molecule has 0 saturated carbocycles. The molecule has 2 N–H and O–H groups in total. The number of hydrogen-bond acceptors (Lipinski definition) is 3. The molecule has 0 spiro atoms. The molecule has 0 aliphatic carbocycles. The predicted octanol–water partition coefficient (Wildman–Crippen LogP) is 5.01. The van der Waals surface area contributed by atoms with Crippen molar-refractivity contribution in [2.75, 3.05) is 13.7 Å². The molecule has 0 unspecified atom stereocenters. The van der Waals surface area contributed by atoms with Gasteiger partial charge in [0.05, 0.1) is 17.3 Å². The SMILES string of the molecule is CCCCCCCCCOc1ccc(/C=N/NC(=S)NC)cc1Br. The van der Waals surface area contributed by atoms with Crippen molar-refractivity contribution >= 4 is 39.5 Å². The van der Waals surface area contributed by atoms with Crippen molar-refractivity contribution in [3.05, 3.63) is 28.2 Å². The quantitative estimate of drug-likeness (QED) is 0.231. The summed E-state index contributed by atoms with van der Waals surface area (Å²) >= 11 is 8.50. The normalized spacial score (nSPS) is 10.8. The van der Waals surface area contributed by atoms with Gasteiger partial charge >= 0.3 is 0 Å². The minimum atomic E-state index is 0.486. The predicted molar refractivity (Wildman–Crippen MR) is 110 cm³/mol. The lowest BCUT2D eigenvalue weighted by Crippen LogP contribution is -2.28. The summed E-state index contributed by atoms with van der Waals surface area (Å²) in [5.74, 6) is 0.872. The molecule has 0 aliphatic heterocycles. The lowest BCUT2D eigenvalue weighted by atomic mass is 10.1. The lowest BCUT2D eigenvalue weighted by molar-refractivity contribution is 0.302. The van der Waals surface area contributed by atoms with E-state index in [4.69, 9.17) is 17.0 Å². The maximum absolute atomic E-state index is 5.84. The molecule has 1 aromatic carbocycles. The third-order valence-corrected chi connectivity index (χ3v) is 4.48. The molecule has 24 heavy (non-hydrogen) atoms. The summed E-state index contributed by atoms with van der Waals surface area (Å²) in [5.41, 5.74) is 3.69. The molecular weight excluding hydrogens is 386 g/mol. The number of nitrogens with zero attached hydrogens (tertiary/aromatic N) is 1. The van der Waals surface area contributed by atoms with Crippen LogP contribution in [0.5, 0.6) is 5.75 Å². The molecule has 6 heteroatoms. The molecule has 0 amide bonds. The van der Waals surface area contributed by atoms with Crippen molar-refractivity contribution in [1.29, 1.82) is 0 Å². The van der Waals surface area contributed by atoms with Gasteiger partial charge in [0.2, 0.25) is 0 Å². The lowest BCUT2D eigenvalue weighted by Gasteiger charge is -2.09. The molecule has 0 aliphatic rings. The number of benzene rings is 1. The molecule has 1 rings (SSSR count). The van der Waals surface area contributed by atoms with Gasteiger partial charge in [-0.3, -0.25) is 5.43 Å². The van der Waals surface area contributed by atoms with E-state index in [1.807, 2.05) is 18.2 Å². The van der Waals surface area contributed by atoms with E-state index >= 15 is 0 Å². The Bertz CT molecular complexity index is 523. The van der Waals surface area contributed by atoms with E-state index < -0.39 is 0 Å². The molecule has 0 heterocycles. The first-order valence-corrected chi connectivity index (χ1v) is 9.80. The van der Waals surface area contributed by atoms with Crippen molar-refractivity contribution in [3.63, 3.8) is 0 Å². The van der Waals surface area contributed by atoms with Crippen molar-refractivity contribution < 1.29 is 4.74 Å². The molecule has 4 nitrogen and oxygen atoms in total. The number of hydrogen-bond donors (Lipinski definition) is 2. The van der Waals surface area contributed by atoms with E-state index in [9.17, 15) is 0 Å². The molecule has 0 atom stereocenters. The molecular formula is C18H28BrN3OS. The maximum Gasteiger partial charge on any atom is 0.186 e. The van der Waals surface area contributed by atoms with Crippen molar-refractivity contribution in [3.8, 4) is 5.75 Å². The minimum absolute atomic E-state index is 0.486. The van der Waals surface area contributed by atoms with Crippen LogP contribution in [0.4, 0.5) is 0 Å². The largest absolute Gasteiger partial charge is 0.492 e. The molecule has 0 fully saturated rings. The van der Waals surface area contributed by atoms with Crippen LogP contribution in [0, 0.1) is 0 Å². The van der Waals surface area contributed by atoms with Crippen molar-refractivity contribution in [2.24, 2.45) is 5.10 Å². The molecule has 0 radical (unpaired) electrons. The Balaban J connectivity index is 2.28. The highest BCUT2D eigenvalue weighted by Gasteiger charge is 2.02. The van der Waals surface area contributed by atoms with E-state index in [2.05, 4.69) is 38.7 Å². The molecule has 0 aromatic heterocycles. The Morgan fingerprint density at radius 3 is 2.58 bits per heavy atom. The smallest absolute Gasteiger partial charge is 0.186 e. The summed E-state index contributed by atoms with van der Waals surface area (Å²) < 4.78 is 6.78. The van der Waals surface area contributed by atoms with Gasteiger partial charge in [0.1, 0.15) is 5.75 Å². The summed E-state index contributed by atoms with van der Waals surface area (Å²) in [6.07, 6.45) is 10.7. The number of nitrogens with one attached hydrogen (secondary N) is 2.